The van der Waals surface area contributed by atoms with Gasteiger partial charge in [0, 0.05) is 38.6 Å². The molecule has 22 heavy (non-hydrogen) atoms. The first kappa shape index (κ1) is 13.3. The van der Waals surface area contributed by atoms with E-state index in [4.69, 9.17) is 4.42 Å². The molecule has 2 aliphatic heterocycles. The summed E-state index contributed by atoms with van der Waals surface area (Å²) in [5, 5.41) is 0. The lowest BCUT2D eigenvalue weighted by atomic mass is 9.89. The second-order valence-corrected chi connectivity index (χ2v) is 6.01. The highest BCUT2D eigenvalue weighted by Crippen LogP contribution is 2.33. The molecule has 0 bridgehead atoms. The summed E-state index contributed by atoms with van der Waals surface area (Å²) in [4.78, 5) is 25.1. The van der Waals surface area contributed by atoms with Crippen LogP contribution in [0.25, 0.3) is 0 Å². The van der Waals surface area contributed by atoms with Gasteiger partial charge < -0.3 is 14.2 Å². The molecule has 4 rings (SSSR count). The van der Waals surface area contributed by atoms with E-state index in [1.807, 2.05) is 4.90 Å². The van der Waals surface area contributed by atoms with Crippen molar-refractivity contribution in [3.63, 3.8) is 0 Å². The van der Waals surface area contributed by atoms with Gasteiger partial charge in [0.15, 0.2) is 5.76 Å². The SMILES string of the molecule is O=C(c1ccco1)N1C[C@@H]2CCN(c3cnccn3)C[C@@H]2C1. The molecule has 2 fully saturated rings. The van der Waals surface area contributed by atoms with Crippen LogP contribution in [0.15, 0.2) is 41.4 Å². The first-order chi connectivity index (χ1) is 10.8. The Morgan fingerprint density at radius 3 is 2.91 bits per heavy atom. The van der Waals surface area contributed by atoms with Crippen LogP contribution in [0.4, 0.5) is 5.82 Å². The molecule has 0 unspecified atom stereocenters. The molecule has 0 N–H and O–H groups in total. The fourth-order valence-corrected chi connectivity index (χ4v) is 3.55. The number of fused-ring (bicyclic) bond motifs is 1. The first-order valence-corrected chi connectivity index (χ1v) is 7.65. The van der Waals surface area contributed by atoms with Crippen LogP contribution in [-0.4, -0.2) is 47.0 Å². The second-order valence-electron chi connectivity index (χ2n) is 6.01. The molecule has 6 nitrogen and oxygen atoms in total. The molecule has 0 saturated carbocycles. The summed E-state index contributed by atoms with van der Waals surface area (Å²) in [7, 11) is 0. The van der Waals surface area contributed by atoms with Crippen molar-refractivity contribution in [1.29, 1.82) is 0 Å². The molecule has 4 heterocycles. The number of piperidine rings is 1. The van der Waals surface area contributed by atoms with Crippen molar-refractivity contribution in [2.45, 2.75) is 6.42 Å². The van der Waals surface area contributed by atoms with Crippen LogP contribution in [-0.2, 0) is 0 Å². The summed E-state index contributed by atoms with van der Waals surface area (Å²) in [5.41, 5.74) is 0. The highest BCUT2D eigenvalue weighted by atomic mass is 16.3. The van der Waals surface area contributed by atoms with Gasteiger partial charge in [0.25, 0.3) is 5.91 Å². The van der Waals surface area contributed by atoms with E-state index in [1.54, 1.807) is 37.0 Å². The number of likely N-dealkylation sites (tertiary alicyclic amines) is 1. The third-order valence-corrected chi connectivity index (χ3v) is 4.69. The maximum Gasteiger partial charge on any atom is 0.289 e. The standard InChI is InChI=1S/C16H18N4O2/c21-16(14-2-1-7-22-14)20-9-12-3-6-19(10-13(12)11-20)15-8-17-4-5-18-15/h1-2,4-5,7-8,12-13H,3,6,9-11H2/t12-,13+/m0/s1. The number of aromatic nitrogens is 2. The number of amides is 1. The fourth-order valence-electron chi connectivity index (χ4n) is 3.55. The van der Waals surface area contributed by atoms with Crippen molar-refractivity contribution < 1.29 is 9.21 Å². The number of furan rings is 1. The highest BCUT2D eigenvalue weighted by Gasteiger charge is 2.39. The monoisotopic (exact) mass is 298 g/mol. The zero-order chi connectivity index (χ0) is 14.9. The number of carbonyl (C=O) groups is 1. The summed E-state index contributed by atoms with van der Waals surface area (Å²) in [6.07, 6.45) is 7.86. The lowest BCUT2D eigenvalue weighted by molar-refractivity contribution is 0.0753. The minimum absolute atomic E-state index is 0.00505. The molecule has 2 aliphatic rings. The van der Waals surface area contributed by atoms with E-state index < -0.39 is 0 Å². The van der Waals surface area contributed by atoms with E-state index >= 15 is 0 Å². The van der Waals surface area contributed by atoms with Gasteiger partial charge in [-0.3, -0.25) is 9.78 Å². The van der Waals surface area contributed by atoms with E-state index in [1.165, 1.54) is 0 Å². The quantitative estimate of drug-likeness (QED) is 0.844. The van der Waals surface area contributed by atoms with Gasteiger partial charge in [-0.05, 0) is 30.4 Å². The molecule has 2 aromatic rings. The molecule has 6 heteroatoms. The molecular weight excluding hydrogens is 280 g/mol. The molecule has 2 saturated heterocycles. The van der Waals surface area contributed by atoms with Crippen LogP contribution in [0.3, 0.4) is 0 Å². The Hall–Kier alpha value is -2.37. The number of anilines is 1. The summed E-state index contributed by atoms with van der Waals surface area (Å²) < 4.78 is 5.23. The largest absolute Gasteiger partial charge is 0.459 e. The number of carbonyl (C=O) groups excluding carboxylic acids is 1. The van der Waals surface area contributed by atoms with Crippen LogP contribution in [0, 0.1) is 11.8 Å². The van der Waals surface area contributed by atoms with E-state index in [0.717, 1.165) is 38.4 Å². The van der Waals surface area contributed by atoms with Crippen molar-refractivity contribution in [2.24, 2.45) is 11.8 Å². The molecule has 0 spiro atoms. The van der Waals surface area contributed by atoms with E-state index in [-0.39, 0.29) is 5.91 Å². The van der Waals surface area contributed by atoms with Crippen molar-refractivity contribution in [3.8, 4) is 0 Å². The Balaban J connectivity index is 1.45. The van der Waals surface area contributed by atoms with Gasteiger partial charge in [0.1, 0.15) is 5.82 Å². The van der Waals surface area contributed by atoms with Gasteiger partial charge >= 0.3 is 0 Å². The normalized spacial score (nSPS) is 24.4. The molecule has 0 aromatic carbocycles. The average Bonchev–Trinajstić information content (AvgIpc) is 3.23. The number of rotatable bonds is 2. The third kappa shape index (κ3) is 2.34. The minimum atomic E-state index is 0.00505. The number of hydrogen-bond donors (Lipinski definition) is 0. The Labute approximate surface area is 128 Å². The zero-order valence-electron chi connectivity index (χ0n) is 12.3. The van der Waals surface area contributed by atoms with Gasteiger partial charge in [-0.25, -0.2) is 4.98 Å². The first-order valence-electron chi connectivity index (χ1n) is 7.65. The Bertz CT molecular complexity index is 643. The predicted octanol–water partition coefficient (Wildman–Crippen LogP) is 1.67. The van der Waals surface area contributed by atoms with Gasteiger partial charge in [-0.2, -0.15) is 0 Å². The molecule has 0 aliphatic carbocycles. The van der Waals surface area contributed by atoms with Crippen molar-refractivity contribution in [3.05, 3.63) is 42.7 Å². The Morgan fingerprint density at radius 1 is 1.23 bits per heavy atom. The molecule has 114 valence electrons. The Kier molecular flexibility index (Phi) is 3.29. The lowest BCUT2D eigenvalue weighted by Gasteiger charge is -2.34. The second kappa shape index (κ2) is 5.44. The van der Waals surface area contributed by atoms with Gasteiger partial charge in [-0.15, -0.1) is 0 Å². The summed E-state index contributed by atoms with van der Waals surface area (Å²) in [5.74, 6) is 2.44. The van der Waals surface area contributed by atoms with E-state index in [0.29, 0.717) is 17.6 Å². The zero-order valence-corrected chi connectivity index (χ0v) is 12.3. The minimum Gasteiger partial charge on any atom is -0.459 e. The summed E-state index contributed by atoms with van der Waals surface area (Å²) >= 11 is 0. The van der Waals surface area contributed by atoms with Crippen LogP contribution in [0.2, 0.25) is 0 Å². The van der Waals surface area contributed by atoms with Crippen LogP contribution in [0.5, 0.6) is 0 Å². The maximum absolute atomic E-state index is 12.4. The highest BCUT2D eigenvalue weighted by molar-refractivity contribution is 5.91. The molecule has 2 atom stereocenters. The summed E-state index contributed by atoms with van der Waals surface area (Å²) in [6.45, 7) is 3.54. The van der Waals surface area contributed by atoms with E-state index in [2.05, 4.69) is 14.9 Å². The van der Waals surface area contributed by atoms with Gasteiger partial charge in [0.2, 0.25) is 0 Å². The van der Waals surface area contributed by atoms with E-state index in [9.17, 15) is 4.79 Å². The third-order valence-electron chi connectivity index (χ3n) is 4.69. The molecule has 0 radical (unpaired) electrons. The van der Waals surface area contributed by atoms with Crippen molar-refractivity contribution in [1.82, 2.24) is 14.9 Å². The molecule has 2 aromatic heterocycles. The van der Waals surface area contributed by atoms with Crippen LogP contribution in [0.1, 0.15) is 17.0 Å². The van der Waals surface area contributed by atoms with Crippen LogP contribution < -0.4 is 4.90 Å². The number of hydrogen-bond acceptors (Lipinski definition) is 5. The fraction of sp³-hybridized carbons (Fsp3) is 0.438. The van der Waals surface area contributed by atoms with Gasteiger partial charge in [0.05, 0.1) is 12.5 Å². The average molecular weight is 298 g/mol. The molecular formula is C16H18N4O2. The summed E-state index contributed by atoms with van der Waals surface area (Å²) in [6, 6.07) is 3.49. The number of nitrogens with zero attached hydrogens (tertiary/aromatic N) is 4. The van der Waals surface area contributed by atoms with Gasteiger partial charge in [-0.1, -0.05) is 0 Å². The van der Waals surface area contributed by atoms with Crippen molar-refractivity contribution >= 4 is 11.7 Å². The van der Waals surface area contributed by atoms with Crippen molar-refractivity contribution in [2.75, 3.05) is 31.1 Å². The molecule has 1 amide bonds. The predicted molar refractivity (Wildman–Crippen MR) is 80.5 cm³/mol. The Morgan fingerprint density at radius 2 is 2.14 bits per heavy atom. The maximum atomic E-state index is 12.4. The lowest BCUT2D eigenvalue weighted by Crippen LogP contribution is -2.40. The van der Waals surface area contributed by atoms with Crippen LogP contribution >= 0.6 is 0 Å². The smallest absolute Gasteiger partial charge is 0.289 e. The topological polar surface area (TPSA) is 62.5 Å².